The first-order valence-electron chi connectivity index (χ1n) is 8.86. The Balaban J connectivity index is 1.96. The van der Waals surface area contributed by atoms with E-state index < -0.39 is 21.7 Å². The minimum atomic E-state index is -0.581. The predicted molar refractivity (Wildman–Crippen MR) is 112 cm³/mol. The molecule has 2 aromatic rings. The number of carbonyl (C=O) groups excluding carboxylic acids is 2. The molecule has 1 saturated carbocycles. The molecule has 0 saturated heterocycles. The Labute approximate surface area is 178 Å². The van der Waals surface area contributed by atoms with E-state index in [1.54, 1.807) is 29.8 Å². The van der Waals surface area contributed by atoms with Gasteiger partial charge in [0.1, 0.15) is 0 Å². The lowest BCUT2D eigenvalue weighted by molar-refractivity contribution is -0.380. The summed E-state index contributed by atoms with van der Waals surface area (Å²) in [4.78, 5) is 46.1. The van der Waals surface area contributed by atoms with Crippen molar-refractivity contribution in [2.75, 3.05) is 6.61 Å². The number of ketones is 1. The maximum absolute atomic E-state index is 13.0. The molecule has 2 heterocycles. The van der Waals surface area contributed by atoms with Crippen molar-refractivity contribution in [2.24, 2.45) is 5.92 Å². The summed E-state index contributed by atoms with van der Waals surface area (Å²) >= 11 is 1.90. The second kappa shape index (κ2) is 9.09. The first-order valence-corrected chi connectivity index (χ1v) is 10.6. The molecule has 1 aliphatic carbocycles. The van der Waals surface area contributed by atoms with Crippen LogP contribution in [-0.4, -0.2) is 28.2 Å². The van der Waals surface area contributed by atoms with E-state index in [0.717, 1.165) is 22.7 Å². The molecule has 0 spiro atoms. The van der Waals surface area contributed by atoms with Crippen LogP contribution in [0.1, 0.15) is 30.9 Å². The standard InChI is InChI=1S/C19H16N2O7S2/c1-2-28-19(23)15-7-13(3-11-5-16(20(24)25)29-9-11)18(22)14(8-15)4-12-6-17(21(26)27)30-10-12/h3-6,9-10,15H,2,7-8H2,1H3/b13-3-,14-4+. The van der Waals surface area contributed by atoms with Crippen LogP contribution in [0.3, 0.4) is 0 Å². The highest BCUT2D eigenvalue weighted by atomic mass is 32.1. The lowest BCUT2D eigenvalue weighted by Crippen LogP contribution is -2.27. The number of rotatable bonds is 6. The van der Waals surface area contributed by atoms with Crippen molar-refractivity contribution in [3.63, 3.8) is 0 Å². The van der Waals surface area contributed by atoms with Crippen molar-refractivity contribution in [3.8, 4) is 0 Å². The summed E-state index contributed by atoms with van der Waals surface area (Å²) in [5.41, 5.74) is 1.68. The molecule has 1 atom stereocenters. The fourth-order valence-corrected chi connectivity index (χ4v) is 4.46. The highest BCUT2D eigenvalue weighted by Crippen LogP contribution is 2.35. The summed E-state index contributed by atoms with van der Waals surface area (Å²) < 4.78 is 5.11. The number of ether oxygens (including phenoxy) is 1. The van der Waals surface area contributed by atoms with E-state index in [4.69, 9.17) is 4.74 Å². The lowest BCUT2D eigenvalue weighted by atomic mass is 9.80. The molecule has 9 nitrogen and oxygen atoms in total. The number of thiophene rings is 2. The molecule has 0 radical (unpaired) electrons. The molecule has 0 amide bonds. The monoisotopic (exact) mass is 448 g/mol. The van der Waals surface area contributed by atoms with Crippen LogP contribution in [0.25, 0.3) is 12.2 Å². The molecule has 30 heavy (non-hydrogen) atoms. The molecule has 0 aliphatic heterocycles. The number of esters is 1. The molecule has 1 fully saturated rings. The number of carbonyl (C=O) groups is 2. The van der Waals surface area contributed by atoms with Gasteiger partial charge >= 0.3 is 16.0 Å². The molecule has 0 bridgehead atoms. The van der Waals surface area contributed by atoms with Crippen molar-refractivity contribution in [1.29, 1.82) is 0 Å². The van der Waals surface area contributed by atoms with Crippen LogP contribution in [0.2, 0.25) is 0 Å². The van der Waals surface area contributed by atoms with Crippen molar-refractivity contribution in [2.45, 2.75) is 19.8 Å². The normalized spacial score (nSPS) is 19.2. The highest BCUT2D eigenvalue weighted by molar-refractivity contribution is 7.13. The minimum Gasteiger partial charge on any atom is -0.466 e. The van der Waals surface area contributed by atoms with Gasteiger partial charge in [-0.2, -0.15) is 0 Å². The molecule has 3 rings (SSSR count). The maximum atomic E-state index is 13.0. The van der Waals surface area contributed by atoms with Gasteiger partial charge in [0.05, 0.1) is 22.4 Å². The molecular formula is C19H16N2O7S2. The van der Waals surface area contributed by atoms with Crippen molar-refractivity contribution in [1.82, 2.24) is 0 Å². The van der Waals surface area contributed by atoms with E-state index in [0.29, 0.717) is 22.3 Å². The van der Waals surface area contributed by atoms with Gasteiger partial charge < -0.3 is 4.74 Å². The van der Waals surface area contributed by atoms with Crippen LogP contribution in [0.5, 0.6) is 0 Å². The summed E-state index contributed by atoms with van der Waals surface area (Å²) in [6.07, 6.45) is 3.40. The second-order valence-corrected chi connectivity index (χ2v) is 8.26. The molecule has 11 heteroatoms. The van der Waals surface area contributed by atoms with Gasteiger partial charge in [0, 0.05) is 34.0 Å². The van der Waals surface area contributed by atoms with Gasteiger partial charge in [-0.05, 0) is 43.0 Å². The summed E-state index contributed by atoms with van der Waals surface area (Å²) in [6, 6.07) is 2.73. The smallest absolute Gasteiger partial charge is 0.324 e. The Morgan fingerprint density at radius 1 is 1.07 bits per heavy atom. The summed E-state index contributed by atoms with van der Waals surface area (Å²) in [5.74, 6) is -1.31. The quantitative estimate of drug-likeness (QED) is 0.272. The number of nitrogens with zero attached hydrogens (tertiary/aromatic N) is 2. The van der Waals surface area contributed by atoms with E-state index in [2.05, 4.69) is 0 Å². The van der Waals surface area contributed by atoms with Crippen molar-refractivity contribution >= 4 is 56.6 Å². The van der Waals surface area contributed by atoms with Crippen LogP contribution >= 0.6 is 22.7 Å². The topological polar surface area (TPSA) is 130 Å². The van der Waals surface area contributed by atoms with Gasteiger partial charge in [-0.15, -0.1) is 0 Å². The fraction of sp³-hybridized carbons (Fsp3) is 0.263. The summed E-state index contributed by atoms with van der Waals surface area (Å²) in [7, 11) is 0. The second-order valence-electron chi connectivity index (χ2n) is 6.48. The molecule has 0 aromatic carbocycles. The van der Waals surface area contributed by atoms with Crippen molar-refractivity contribution < 1.29 is 24.2 Å². The van der Waals surface area contributed by atoms with Gasteiger partial charge in [0.25, 0.3) is 0 Å². The first-order chi connectivity index (χ1) is 14.3. The number of hydrogen-bond acceptors (Lipinski definition) is 9. The van der Waals surface area contributed by atoms with Crippen molar-refractivity contribution in [3.05, 3.63) is 65.4 Å². The van der Waals surface area contributed by atoms with E-state index in [1.807, 2.05) is 0 Å². The number of nitro groups is 2. The van der Waals surface area contributed by atoms with Gasteiger partial charge in [-0.1, -0.05) is 22.7 Å². The third-order valence-corrected chi connectivity index (χ3v) is 6.19. The van der Waals surface area contributed by atoms with Crippen LogP contribution < -0.4 is 0 Å². The molecular weight excluding hydrogens is 432 g/mol. The maximum Gasteiger partial charge on any atom is 0.324 e. The van der Waals surface area contributed by atoms with Crippen LogP contribution in [-0.2, 0) is 14.3 Å². The third kappa shape index (κ3) is 4.86. The van der Waals surface area contributed by atoms with E-state index >= 15 is 0 Å². The highest BCUT2D eigenvalue weighted by Gasteiger charge is 2.33. The Kier molecular flexibility index (Phi) is 6.53. The molecule has 1 aliphatic rings. The van der Waals surface area contributed by atoms with E-state index in [-0.39, 0.29) is 35.2 Å². The average molecular weight is 448 g/mol. The van der Waals surface area contributed by atoms with Crippen LogP contribution in [0.4, 0.5) is 10.0 Å². The molecule has 156 valence electrons. The Morgan fingerprint density at radius 2 is 1.53 bits per heavy atom. The number of allylic oxidation sites excluding steroid dienone is 2. The van der Waals surface area contributed by atoms with E-state index in [1.165, 1.54) is 12.1 Å². The number of Topliss-reactive ketones (excluding diaryl/α,β-unsaturated/α-hetero) is 1. The Hall–Kier alpha value is -3.18. The summed E-state index contributed by atoms with van der Waals surface area (Å²) in [5, 5.41) is 24.8. The van der Waals surface area contributed by atoms with Gasteiger partial charge in [-0.25, -0.2) is 0 Å². The fourth-order valence-electron chi connectivity index (χ4n) is 3.09. The van der Waals surface area contributed by atoms with Gasteiger partial charge in [0.15, 0.2) is 5.78 Å². The average Bonchev–Trinajstić information content (AvgIpc) is 3.34. The number of hydrogen-bond donors (Lipinski definition) is 0. The Bertz CT molecular complexity index is 1010. The summed E-state index contributed by atoms with van der Waals surface area (Å²) in [6.45, 7) is 1.89. The van der Waals surface area contributed by atoms with Crippen LogP contribution in [0, 0.1) is 26.1 Å². The largest absolute Gasteiger partial charge is 0.466 e. The Morgan fingerprint density at radius 3 is 1.90 bits per heavy atom. The molecule has 1 unspecified atom stereocenters. The zero-order valence-electron chi connectivity index (χ0n) is 15.7. The zero-order valence-corrected chi connectivity index (χ0v) is 17.4. The van der Waals surface area contributed by atoms with E-state index in [9.17, 15) is 29.8 Å². The molecule has 2 aromatic heterocycles. The first kappa shape index (κ1) is 21.5. The van der Waals surface area contributed by atoms with Gasteiger partial charge in [0.2, 0.25) is 0 Å². The minimum absolute atomic E-state index is 0.0478. The van der Waals surface area contributed by atoms with Gasteiger partial charge in [-0.3, -0.25) is 29.8 Å². The zero-order chi connectivity index (χ0) is 21.8. The molecule has 0 N–H and O–H groups in total. The van der Waals surface area contributed by atoms with Crippen LogP contribution in [0.15, 0.2) is 34.0 Å². The third-order valence-electron chi connectivity index (χ3n) is 4.39. The SMILES string of the molecule is CCOC(=O)C1C/C(=C/c2csc([N+](=O)[O-])c2)C(=O)/C(=C/c2csc([N+](=O)[O-])c2)C1. The predicted octanol–water partition coefficient (Wildman–Crippen LogP) is 4.64. The lowest BCUT2D eigenvalue weighted by Gasteiger charge is -2.24.